The van der Waals surface area contributed by atoms with Gasteiger partial charge in [-0.15, -0.1) is 0 Å². The molecule has 14 heavy (non-hydrogen) atoms. The van der Waals surface area contributed by atoms with E-state index in [0.29, 0.717) is 0 Å². The Bertz CT molecular complexity index is 529. The van der Waals surface area contributed by atoms with Crippen molar-refractivity contribution < 1.29 is 0 Å². The second kappa shape index (κ2) is 2.36. The zero-order valence-corrected chi connectivity index (χ0v) is 7.62. The van der Waals surface area contributed by atoms with Gasteiger partial charge in [0.1, 0.15) is 0 Å². The van der Waals surface area contributed by atoms with E-state index in [-0.39, 0.29) is 5.41 Å². The number of aromatic nitrogens is 2. The van der Waals surface area contributed by atoms with Crippen LogP contribution in [0.15, 0.2) is 24.4 Å². The average Bonchev–Trinajstić information content (AvgIpc) is 2.87. The van der Waals surface area contributed by atoms with E-state index in [1.54, 1.807) is 6.20 Å². The van der Waals surface area contributed by atoms with E-state index in [2.05, 4.69) is 16.3 Å². The maximum absolute atomic E-state index is 9.12. The summed E-state index contributed by atoms with van der Waals surface area (Å²) in [6.07, 6.45) is 3.75. The maximum atomic E-state index is 9.12. The molecule has 1 aromatic carbocycles. The van der Waals surface area contributed by atoms with E-state index >= 15 is 0 Å². The van der Waals surface area contributed by atoms with Crippen LogP contribution in [-0.4, -0.2) is 10.2 Å². The molecule has 3 rings (SSSR count). The summed E-state index contributed by atoms with van der Waals surface area (Å²) < 4.78 is 0. The van der Waals surface area contributed by atoms with Crippen molar-refractivity contribution in [1.29, 1.82) is 5.26 Å². The minimum atomic E-state index is -0.230. The van der Waals surface area contributed by atoms with E-state index in [1.807, 2.05) is 18.2 Å². The highest BCUT2D eigenvalue weighted by Gasteiger charge is 2.46. The van der Waals surface area contributed by atoms with Crippen molar-refractivity contribution in [3.05, 3.63) is 30.0 Å². The molecule has 0 bridgehead atoms. The molecule has 1 aromatic heterocycles. The van der Waals surface area contributed by atoms with Crippen LogP contribution in [0.25, 0.3) is 10.9 Å². The van der Waals surface area contributed by atoms with Crippen molar-refractivity contribution in [2.75, 3.05) is 0 Å². The van der Waals surface area contributed by atoms with Crippen LogP contribution in [0, 0.1) is 11.3 Å². The fraction of sp³-hybridized carbons (Fsp3) is 0.273. The third-order valence-electron chi connectivity index (χ3n) is 2.96. The lowest BCUT2D eigenvalue weighted by Gasteiger charge is -2.06. The summed E-state index contributed by atoms with van der Waals surface area (Å²) in [5.74, 6) is 0. The quantitative estimate of drug-likeness (QED) is 0.736. The summed E-state index contributed by atoms with van der Waals surface area (Å²) in [7, 11) is 0. The number of benzene rings is 1. The lowest BCUT2D eigenvalue weighted by Crippen LogP contribution is -2.03. The van der Waals surface area contributed by atoms with E-state index in [4.69, 9.17) is 5.26 Å². The normalized spacial score (nSPS) is 17.9. The van der Waals surface area contributed by atoms with Gasteiger partial charge in [-0.05, 0) is 18.4 Å². The molecule has 1 saturated carbocycles. The predicted octanol–water partition coefficient (Wildman–Crippen LogP) is 2.12. The van der Waals surface area contributed by atoms with Gasteiger partial charge in [0, 0.05) is 5.39 Å². The second-order valence-electron chi connectivity index (χ2n) is 3.83. The van der Waals surface area contributed by atoms with E-state index in [0.717, 1.165) is 29.3 Å². The SMILES string of the molecule is N#CC1(c2cccc3cn[nH]c23)CC1. The molecule has 0 atom stereocenters. The highest BCUT2D eigenvalue weighted by Crippen LogP contribution is 2.49. The van der Waals surface area contributed by atoms with Crippen molar-refractivity contribution >= 4 is 10.9 Å². The van der Waals surface area contributed by atoms with Crippen molar-refractivity contribution in [3.8, 4) is 6.07 Å². The Labute approximate surface area is 81.4 Å². The zero-order chi connectivity index (χ0) is 9.60. The number of fused-ring (bicyclic) bond motifs is 1. The largest absolute Gasteiger partial charge is 0.277 e. The van der Waals surface area contributed by atoms with E-state index in [9.17, 15) is 0 Å². The molecule has 1 N–H and O–H groups in total. The van der Waals surface area contributed by atoms with Crippen LogP contribution in [-0.2, 0) is 5.41 Å². The van der Waals surface area contributed by atoms with Crippen molar-refractivity contribution in [1.82, 2.24) is 10.2 Å². The van der Waals surface area contributed by atoms with Gasteiger partial charge < -0.3 is 0 Å². The molecule has 0 saturated heterocycles. The van der Waals surface area contributed by atoms with E-state index in [1.165, 1.54) is 0 Å². The first-order valence-electron chi connectivity index (χ1n) is 4.70. The number of H-pyrrole nitrogens is 1. The molecule has 0 amide bonds. The molecule has 2 aromatic rings. The van der Waals surface area contributed by atoms with Gasteiger partial charge in [-0.3, -0.25) is 5.10 Å². The zero-order valence-electron chi connectivity index (χ0n) is 7.62. The molecule has 0 spiro atoms. The van der Waals surface area contributed by atoms with Crippen LogP contribution in [0.2, 0.25) is 0 Å². The van der Waals surface area contributed by atoms with Gasteiger partial charge in [-0.25, -0.2) is 0 Å². The number of rotatable bonds is 1. The second-order valence-corrected chi connectivity index (χ2v) is 3.83. The first kappa shape index (κ1) is 7.57. The Hall–Kier alpha value is -1.82. The number of hydrogen-bond acceptors (Lipinski definition) is 2. The Balaban J connectivity index is 2.32. The van der Waals surface area contributed by atoms with Crippen LogP contribution in [0.5, 0.6) is 0 Å². The van der Waals surface area contributed by atoms with E-state index < -0.39 is 0 Å². The van der Waals surface area contributed by atoms with Gasteiger partial charge in [0.2, 0.25) is 0 Å². The molecule has 1 aliphatic carbocycles. The lowest BCUT2D eigenvalue weighted by atomic mass is 9.96. The smallest absolute Gasteiger partial charge is 0.0844 e. The summed E-state index contributed by atoms with van der Waals surface area (Å²) >= 11 is 0. The van der Waals surface area contributed by atoms with Crippen LogP contribution in [0.3, 0.4) is 0 Å². The minimum Gasteiger partial charge on any atom is -0.277 e. The Morgan fingerprint density at radius 1 is 1.43 bits per heavy atom. The molecule has 1 heterocycles. The number of nitrogens with one attached hydrogen (secondary N) is 1. The van der Waals surface area contributed by atoms with Crippen molar-refractivity contribution in [2.24, 2.45) is 0 Å². The lowest BCUT2D eigenvalue weighted by molar-refractivity contribution is 0.912. The number of para-hydroxylation sites is 1. The van der Waals surface area contributed by atoms with Crippen LogP contribution < -0.4 is 0 Å². The number of nitriles is 1. The first-order valence-corrected chi connectivity index (χ1v) is 4.70. The summed E-state index contributed by atoms with van der Waals surface area (Å²) in [5, 5.41) is 17.2. The van der Waals surface area contributed by atoms with Crippen LogP contribution in [0.1, 0.15) is 18.4 Å². The Kier molecular flexibility index (Phi) is 1.27. The molecule has 68 valence electrons. The van der Waals surface area contributed by atoms with Crippen LogP contribution >= 0.6 is 0 Å². The average molecular weight is 183 g/mol. The molecular formula is C11H9N3. The first-order chi connectivity index (χ1) is 6.86. The molecule has 1 aliphatic rings. The number of nitrogens with zero attached hydrogens (tertiary/aromatic N) is 2. The molecule has 3 heteroatoms. The highest BCUT2D eigenvalue weighted by atomic mass is 15.1. The molecule has 0 radical (unpaired) electrons. The standard InChI is InChI=1S/C11H9N3/c12-7-11(4-5-11)9-3-1-2-8-6-13-14-10(8)9/h1-3,6H,4-5H2,(H,13,14). The maximum Gasteiger partial charge on any atom is 0.0844 e. The monoisotopic (exact) mass is 183 g/mol. The fourth-order valence-electron chi connectivity index (χ4n) is 1.93. The third kappa shape index (κ3) is 0.828. The Morgan fingerprint density at radius 3 is 3.00 bits per heavy atom. The van der Waals surface area contributed by atoms with Crippen LogP contribution in [0.4, 0.5) is 0 Å². The van der Waals surface area contributed by atoms with Gasteiger partial charge >= 0.3 is 0 Å². The summed E-state index contributed by atoms with van der Waals surface area (Å²) in [6.45, 7) is 0. The van der Waals surface area contributed by atoms with Crippen molar-refractivity contribution in [2.45, 2.75) is 18.3 Å². The summed E-state index contributed by atoms with van der Waals surface area (Å²) in [6, 6.07) is 8.43. The van der Waals surface area contributed by atoms with Gasteiger partial charge in [0.05, 0.1) is 23.2 Å². The molecule has 1 fully saturated rings. The van der Waals surface area contributed by atoms with Gasteiger partial charge in [-0.1, -0.05) is 18.2 Å². The molecule has 0 aliphatic heterocycles. The fourth-order valence-corrected chi connectivity index (χ4v) is 1.93. The number of aromatic amines is 1. The highest BCUT2D eigenvalue weighted by molar-refractivity contribution is 5.83. The van der Waals surface area contributed by atoms with Gasteiger partial charge in [0.15, 0.2) is 0 Å². The topological polar surface area (TPSA) is 52.5 Å². The van der Waals surface area contributed by atoms with Crippen molar-refractivity contribution in [3.63, 3.8) is 0 Å². The Morgan fingerprint density at radius 2 is 2.29 bits per heavy atom. The minimum absolute atomic E-state index is 0.230. The summed E-state index contributed by atoms with van der Waals surface area (Å²) in [4.78, 5) is 0. The summed E-state index contributed by atoms with van der Waals surface area (Å²) in [5.41, 5.74) is 1.90. The third-order valence-corrected chi connectivity index (χ3v) is 2.96. The molecule has 3 nitrogen and oxygen atoms in total. The molecule has 0 unspecified atom stereocenters. The predicted molar refractivity (Wildman–Crippen MR) is 52.6 cm³/mol. The van der Waals surface area contributed by atoms with Gasteiger partial charge in [-0.2, -0.15) is 10.4 Å². The number of hydrogen-bond donors (Lipinski definition) is 1. The molecular weight excluding hydrogens is 174 g/mol. The van der Waals surface area contributed by atoms with Gasteiger partial charge in [0.25, 0.3) is 0 Å².